The van der Waals surface area contributed by atoms with E-state index in [1.54, 1.807) is 0 Å². The number of aldehydes is 1. The van der Waals surface area contributed by atoms with Gasteiger partial charge in [0, 0.05) is 18.9 Å². The van der Waals surface area contributed by atoms with Crippen LogP contribution in [0.4, 0.5) is 4.79 Å². The Morgan fingerprint density at radius 2 is 1.56 bits per heavy atom. The molecule has 1 N–H and O–H groups in total. The predicted octanol–water partition coefficient (Wildman–Crippen LogP) is 4.63. The number of carbonyl (C=O) groups excluding carboxylic acids is 4. The second-order valence-corrected chi connectivity index (χ2v) is 10.3. The average Bonchev–Trinajstić information content (AvgIpc) is 2.75. The van der Waals surface area contributed by atoms with Gasteiger partial charge in [0.15, 0.2) is 5.78 Å². The minimum absolute atomic E-state index is 0.0117. The molecule has 7 nitrogen and oxygen atoms in total. The molecule has 0 radical (unpaired) electrons. The summed E-state index contributed by atoms with van der Waals surface area (Å²) in [6.07, 6.45) is 1.28. The Hall–Kier alpha value is -2.70. The van der Waals surface area contributed by atoms with Gasteiger partial charge >= 0.3 is 6.09 Å². The smallest absolute Gasteiger partial charge is 0.410 e. The lowest BCUT2D eigenvalue weighted by molar-refractivity contribution is -0.131. The molecule has 0 aliphatic heterocycles. The van der Waals surface area contributed by atoms with E-state index in [0.717, 1.165) is 11.8 Å². The van der Waals surface area contributed by atoms with Gasteiger partial charge in [-0.1, -0.05) is 71.9 Å². The van der Waals surface area contributed by atoms with Crippen molar-refractivity contribution in [3.63, 3.8) is 0 Å². The normalized spacial score (nSPS) is 13.0. The summed E-state index contributed by atoms with van der Waals surface area (Å²) in [7, 11) is 0. The van der Waals surface area contributed by atoms with Crippen molar-refractivity contribution in [1.29, 1.82) is 0 Å². The minimum atomic E-state index is -0.567. The zero-order valence-corrected chi connectivity index (χ0v) is 21.6. The molecule has 0 bridgehead atoms. The maximum atomic E-state index is 12.9. The van der Waals surface area contributed by atoms with Crippen LogP contribution < -0.4 is 5.32 Å². The number of amides is 2. The first kappa shape index (κ1) is 29.3. The molecule has 34 heavy (non-hydrogen) atoms. The number of benzene rings is 1. The van der Waals surface area contributed by atoms with Crippen molar-refractivity contribution in [2.24, 2.45) is 23.7 Å². The summed E-state index contributed by atoms with van der Waals surface area (Å²) in [5.41, 5.74) is 0.867. The Kier molecular flexibility index (Phi) is 13.2. The number of carbonyl (C=O) groups is 4. The number of ketones is 1. The van der Waals surface area contributed by atoms with Crippen LogP contribution in [0.15, 0.2) is 30.3 Å². The van der Waals surface area contributed by atoms with Crippen LogP contribution in [0, 0.1) is 23.7 Å². The lowest BCUT2D eigenvalue weighted by Gasteiger charge is -2.25. The van der Waals surface area contributed by atoms with Crippen LogP contribution >= 0.6 is 0 Å². The third-order valence-corrected chi connectivity index (χ3v) is 5.23. The molecule has 0 saturated heterocycles. The molecular weight excluding hydrogens is 432 g/mol. The van der Waals surface area contributed by atoms with Crippen molar-refractivity contribution in [2.75, 3.05) is 13.1 Å². The number of nitrogens with zero attached hydrogens (tertiary/aromatic N) is 1. The van der Waals surface area contributed by atoms with E-state index in [1.807, 2.05) is 71.9 Å². The monoisotopic (exact) mass is 474 g/mol. The number of hydrogen-bond donors (Lipinski definition) is 1. The maximum absolute atomic E-state index is 12.9. The van der Waals surface area contributed by atoms with Gasteiger partial charge in [-0.2, -0.15) is 0 Å². The third-order valence-electron chi connectivity index (χ3n) is 5.23. The second kappa shape index (κ2) is 15.3. The Morgan fingerprint density at radius 3 is 2.09 bits per heavy atom. The average molecular weight is 475 g/mol. The zero-order chi connectivity index (χ0) is 25.7. The summed E-state index contributed by atoms with van der Waals surface area (Å²) < 4.78 is 5.43. The molecule has 0 heterocycles. The van der Waals surface area contributed by atoms with Gasteiger partial charge in [-0.05, 0) is 36.2 Å². The fourth-order valence-corrected chi connectivity index (χ4v) is 3.82. The van der Waals surface area contributed by atoms with E-state index in [2.05, 4.69) is 5.32 Å². The van der Waals surface area contributed by atoms with Gasteiger partial charge in [0.1, 0.15) is 12.9 Å². The van der Waals surface area contributed by atoms with E-state index < -0.39 is 18.1 Å². The molecule has 1 aromatic carbocycles. The molecule has 2 amide bonds. The first-order chi connectivity index (χ1) is 16.0. The van der Waals surface area contributed by atoms with E-state index in [4.69, 9.17) is 4.74 Å². The molecule has 0 saturated carbocycles. The highest BCUT2D eigenvalue weighted by Crippen LogP contribution is 2.18. The zero-order valence-electron chi connectivity index (χ0n) is 21.6. The lowest BCUT2D eigenvalue weighted by Crippen LogP contribution is -2.43. The van der Waals surface area contributed by atoms with E-state index in [-0.39, 0.29) is 49.0 Å². The number of ether oxygens (including phenoxy) is 1. The molecule has 0 fully saturated rings. The van der Waals surface area contributed by atoms with Crippen molar-refractivity contribution in [3.8, 4) is 0 Å². The van der Waals surface area contributed by atoms with Crippen molar-refractivity contribution in [3.05, 3.63) is 35.9 Å². The Labute approximate surface area is 204 Å². The van der Waals surface area contributed by atoms with Gasteiger partial charge in [-0.3, -0.25) is 9.59 Å². The van der Waals surface area contributed by atoms with Crippen molar-refractivity contribution in [2.45, 2.75) is 73.5 Å². The van der Waals surface area contributed by atoms with Crippen LogP contribution in [0.25, 0.3) is 0 Å². The molecular formula is C27H42N2O5. The molecule has 0 aliphatic rings. The number of rotatable bonds is 15. The van der Waals surface area contributed by atoms with Gasteiger partial charge < -0.3 is 19.7 Å². The minimum Gasteiger partial charge on any atom is -0.445 e. The lowest BCUT2D eigenvalue weighted by atomic mass is 9.91. The molecule has 2 atom stereocenters. The predicted molar refractivity (Wildman–Crippen MR) is 133 cm³/mol. The van der Waals surface area contributed by atoms with Gasteiger partial charge in [-0.15, -0.1) is 0 Å². The Balaban J connectivity index is 2.81. The second-order valence-electron chi connectivity index (χ2n) is 10.3. The largest absolute Gasteiger partial charge is 0.445 e. The van der Waals surface area contributed by atoms with Crippen LogP contribution in [0.2, 0.25) is 0 Å². The van der Waals surface area contributed by atoms with Crippen LogP contribution in [-0.2, 0) is 25.7 Å². The SMILES string of the molecule is CC(C)CC(C=O)NC(=O)C(CC(=O)CN(CC(C)C)C(=O)OCc1ccccc1)CC(C)C. The standard InChI is InChI=1S/C27H42N2O5/c1-19(2)12-23(26(32)28-24(17-30)13-20(3)4)14-25(31)16-29(15-21(5)6)27(33)34-18-22-10-8-7-9-11-22/h7-11,17,19-21,23-24H,12-16,18H2,1-6H3,(H,28,32). The van der Waals surface area contributed by atoms with E-state index in [0.29, 0.717) is 19.4 Å². The van der Waals surface area contributed by atoms with Crippen molar-refractivity contribution >= 4 is 24.1 Å². The first-order valence-electron chi connectivity index (χ1n) is 12.2. The van der Waals surface area contributed by atoms with E-state index >= 15 is 0 Å². The summed E-state index contributed by atoms with van der Waals surface area (Å²) in [4.78, 5) is 51.3. The number of Topliss-reactive ketones (excluding diaryl/α,β-unsaturated/α-hetero) is 1. The summed E-state index contributed by atoms with van der Waals surface area (Å²) in [5, 5.41) is 2.79. The molecule has 1 rings (SSSR count). The van der Waals surface area contributed by atoms with E-state index in [1.165, 1.54) is 4.90 Å². The molecule has 2 unspecified atom stereocenters. The summed E-state index contributed by atoms with van der Waals surface area (Å²) in [6.45, 7) is 12.3. The summed E-state index contributed by atoms with van der Waals surface area (Å²) >= 11 is 0. The Morgan fingerprint density at radius 1 is 0.941 bits per heavy atom. The third kappa shape index (κ3) is 12.0. The first-order valence-corrected chi connectivity index (χ1v) is 12.2. The van der Waals surface area contributed by atoms with Crippen LogP contribution in [-0.4, -0.2) is 48.1 Å². The highest BCUT2D eigenvalue weighted by atomic mass is 16.6. The van der Waals surface area contributed by atoms with Gasteiger partial charge in [0.25, 0.3) is 0 Å². The molecule has 1 aromatic rings. The fourth-order valence-electron chi connectivity index (χ4n) is 3.82. The van der Waals surface area contributed by atoms with Crippen LogP contribution in [0.5, 0.6) is 0 Å². The summed E-state index contributed by atoms with van der Waals surface area (Å²) in [5.74, 6) is -0.441. The molecule has 0 spiro atoms. The van der Waals surface area contributed by atoms with Gasteiger partial charge in [0.2, 0.25) is 5.91 Å². The fraction of sp³-hybridized carbons (Fsp3) is 0.630. The topological polar surface area (TPSA) is 92.8 Å². The molecule has 190 valence electrons. The van der Waals surface area contributed by atoms with Crippen molar-refractivity contribution in [1.82, 2.24) is 10.2 Å². The maximum Gasteiger partial charge on any atom is 0.410 e. The quantitative estimate of drug-likeness (QED) is 0.374. The summed E-state index contributed by atoms with van der Waals surface area (Å²) in [6, 6.07) is 8.80. The number of nitrogens with one attached hydrogen (secondary N) is 1. The number of hydrogen-bond acceptors (Lipinski definition) is 5. The highest BCUT2D eigenvalue weighted by Gasteiger charge is 2.27. The Bertz CT molecular complexity index is 776. The molecule has 7 heteroatoms. The van der Waals surface area contributed by atoms with Crippen molar-refractivity contribution < 1.29 is 23.9 Å². The van der Waals surface area contributed by atoms with Crippen LogP contribution in [0.3, 0.4) is 0 Å². The van der Waals surface area contributed by atoms with Gasteiger partial charge in [0.05, 0.1) is 12.6 Å². The van der Waals surface area contributed by atoms with E-state index in [9.17, 15) is 19.2 Å². The highest BCUT2D eigenvalue weighted by molar-refractivity contribution is 5.90. The van der Waals surface area contributed by atoms with Gasteiger partial charge in [-0.25, -0.2) is 4.79 Å². The molecule has 0 aliphatic carbocycles. The van der Waals surface area contributed by atoms with Crippen LogP contribution in [0.1, 0.15) is 66.4 Å². The molecule has 0 aromatic heterocycles.